The molecule has 0 aromatic carbocycles. The maximum Gasteiger partial charge on any atom is 3.00 e. The monoisotopic (exact) mass is 1160 g/mol. The van der Waals surface area contributed by atoms with Crippen LogP contribution >= 0.6 is 0 Å². The Kier molecular flexibility index (Phi) is 24.4. The zero-order chi connectivity index (χ0) is 56.1. The van der Waals surface area contributed by atoms with Crippen LogP contribution < -0.4 is 0 Å². The normalized spacial score (nSPS) is 11.2. The molecule has 0 amide bonds. The van der Waals surface area contributed by atoms with Crippen LogP contribution in [0.5, 0.6) is 0 Å². The third-order valence-electron chi connectivity index (χ3n) is 7.98. The quantitative estimate of drug-likeness (QED) is 0.0854. The van der Waals surface area contributed by atoms with Gasteiger partial charge in [-0.3, -0.25) is 29.9 Å². The zero-order valence-corrected chi connectivity index (χ0v) is 41.5. The van der Waals surface area contributed by atoms with Crippen molar-refractivity contribution >= 4 is 30.4 Å². The molecule has 0 N–H and O–H groups in total. The van der Waals surface area contributed by atoms with E-state index in [9.17, 15) is 39.5 Å². The molecule has 0 aliphatic carbocycles. The van der Waals surface area contributed by atoms with Crippen LogP contribution in [0, 0.1) is 11.3 Å². The van der Waals surface area contributed by atoms with Crippen molar-refractivity contribution in [3.05, 3.63) is 165 Å². The first-order chi connectivity index (χ1) is 35.0. The maximum atomic E-state index is 10.7. The molecule has 8 heterocycles. The first-order valence-electron chi connectivity index (χ1n) is 19.7. The van der Waals surface area contributed by atoms with E-state index in [2.05, 4.69) is 34.9 Å². The molecule has 8 aromatic rings. The molecule has 0 saturated carbocycles. The van der Waals surface area contributed by atoms with Gasteiger partial charge in [0, 0.05) is 44.1 Å². The predicted octanol–water partition coefficient (Wildman–Crippen LogP) is 8.61. The van der Waals surface area contributed by atoms with E-state index in [1.807, 2.05) is 127 Å². The van der Waals surface area contributed by atoms with E-state index in [0.29, 0.717) is 22.8 Å². The van der Waals surface area contributed by atoms with E-state index in [4.69, 9.17) is 54.1 Å². The number of alkyl halides is 9. The van der Waals surface area contributed by atoms with Crippen molar-refractivity contribution in [2.75, 3.05) is 0 Å². The number of pyridine rings is 7. The van der Waals surface area contributed by atoms with Crippen LogP contribution in [0.4, 0.5) is 39.5 Å². The minimum Gasteiger partial charge on any atom is -0.741 e. The van der Waals surface area contributed by atoms with Gasteiger partial charge in [-0.2, -0.15) is 44.8 Å². The van der Waals surface area contributed by atoms with Gasteiger partial charge < -0.3 is 13.7 Å². The second kappa shape index (κ2) is 28.8. The van der Waals surface area contributed by atoms with Gasteiger partial charge in [0.1, 0.15) is 22.8 Å². The number of rotatable bonds is 6. The number of nitriles is 1. The molecule has 0 fully saturated rings. The molecule has 0 aliphatic heterocycles. The van der Waals surface area contributed by atoms with Crippen LogP contribution in [-0.2, 0) is 47.7 Å². The summed E-state index contributed by atoms with van der Waals surface area (Å²) in [5.74, 6) is 0. The summed E-state index contributed by atoms with van der Waals surface area (Å²) in [5.41, 5.74) is -8.01. The van der Waals surface area contributed by atoms with Crippen molar-refractivity contribution in [2.45, 2.75) is 23.4 Å². The molecule has 8 aromatic heterocycles. The van der Waals surface area contributed by atoms with Crippen molar-refractivity contribution in [1.29, 1.82) is 5.26 Å². The molecular weight excluding hydrogens is 1130 g/mol. The number of hydrogen-bond donors (Lipinski definition) is 0. The summed E-state index contributed by atoms with van der Waals surface area (Å²) in [6.07, 6.45) is 10.5. The fourth-order valence-electron chi connectivity index (χ4n) is 4.91. The molecule has 397 valence electrons. The van der Waals surface area contributed by atoms with Gasteiger partial charge in [0.15, 0.2) is 30.4 Å². The first-order valence-corrected chi connectivity index (χ1v) is 24.0. The van der Waals surface area contributed by atoms with Crippen LogP contribution in [0.1, 0.15) is 6.92 Å². The van der Waals surface area contributed by atoms with Crippen molar-refractivity contribution in [2.24, 2.45) is 0 Å². The largest absolute Gasteiger partial charge is 3.00 e. The number of hydrogen-bond acceptors (Lipinski definition) is 19. The van der Waals surface area contributed by atoms with E-state index in [0.717, 1.165) is 45.6 Å². The topological polar surface area (TPSA) is 311 Å². The third kappa shape index (κ3) is 20.5. The van der Waals surface area contributed by atoms with Gasteiger partial charge in [0.25, 0.3) is 0 Å². The Balaban J connectivity index is 0.000000365. The Bertz CT molecular complexity index is 3090. The van der Waals surface area contributed by atoms with Crippen LogP contribution in [0.2, 0.25) is 0 Å². The van der Waals surface area contributed by atoms with Gasteiger partial charge >= 0.3 is 33.9 Å². The van der Waals surface area contributed by atoms with Crippen LogP contribution in [0.3, 0.4) is 0 Å². The zero-order valence-electron chi connectivity index (χ0n) is 37.8. The standard InChI is InChI=1S/C24H16N6.C15H11N3.C2H3N.3CHF3O3S.Cr/c1-5-13-25-17(9-1)21-22(18-10-2-6-14-26-18)30-24(20-12-4-8-16-28-20)23(29-21)19-11-3-7-15-27-19;1-3-10-16-12(6-1)14-8-5-9-15(18-14)13-7-2-4-11-17-13;1-2-3;3*2-1(3,4)8(5,6)7;/h1-16H;1-11H;1H3;3*(H,5,6,7);/q;;;;;;+3/p-3. The molecule has 0 bridgehead atoms. The molecule has 1 radical (unpaired) electrons. The van der Waals surface area contributed by atoms with E-state index < -0.39 is 46.9 Å². The second-order valence-electron chi connectivity index (χ2n) is 13.2. The van der Waals surface area contributed by atoms with Crippen molar-refractivity contribution in [3.63, 3.8) is 0 Å². The summed E-state index contributed by atoms with van der Waals surface area (Å²) in [5, 5.41) is 7.32. The Morgan fingerprint density at radius 3 is 0.684 bits per heavy atom. The van der Waals surface area contributed by atoms with Crippen LogP contribution in [0.25, 0.3) is 68.3 Å². The summed E-state index contributed by atoms with van der Waals surface area (Å²) in [7, 11) is -18.3. The summed E-state index contributed by atoms with van der Waals surface area (Å²) < 4.78 is 177. The minimum absolute atomic E-state index is 0. The van der Waals surface area contributed by atoms with Crippen molar-refractivity contribution < 1.29 is 95.8 Å². The van der Waals surface area contributed by atoms with Gasteiger partial charge in [-0.1, -0.05) is 42.5 Å². The maximum absolute atomic E-state index is 10.7. The summed E-state index contributed by atoms with van der Waals surface area (Å²) in [6.45, 7) is 1.43. The molecule has 0 atom stereocenters. The summed E-state index contributed by atoms with van der Waals surface area (Å²) in [6, 6.07) is 42.1. The van der Waals surface area contributed by atoms with Crippen molar-refractivity contribution in [3.8, 4) is 74.4 Å². The molecular formula is C44H30CrF9N10O9S3. The van der Waals surface area contributed by atoms with E-state index in [-0.39, 0.29) is 17.4 Å². The third-order valence-corrected chi connectivity index (χ3v) is 9.68. The Morgan fingerprint density at radius 1 is 0.355 bits per heavy atom. The number of aromatic nitrogens is 9. The second-order valence-corrected chi connectivity index (χ2v) is 17.4. The average Bonchev–Trinajstić information content (AvgIpc) is 3.37. The van der Waals surface area contributed by atoms with Crippen molar-refractivity contribution in [1.82, 2.24) is 44.9 Å². The molecule has 0 unspecified atom stereocenters. The average molecular weight is 1160 g/mol. The smallest absolute Gasteiger partial charge is 0.741 e. The molecule has 32 heteroatoms. The van der Waals surface area contributed by atoms with Crippen LogP contribution in [-0.4, -0.2) is 100 Å². The molecule has 0 aliphatic rings. The van der Waals surface area contributed by atoms with Gasteiger partial charge in [-0.15, -0.1) is 0 Å². The Hall–Kier alpha value is -7.75. The molecule has 8 rings (SSSR count). The first kappa shape index (κ1) is 64.4. The number of nitrogens with zero attached hydrogens (tertiary/aromatic N) is 10. The summed E-state index contributed by atoms with van der Waals surface area (Å²) >= 11 is 0. The van der Waals surface area contributed by atoms with Gasteiger partial charge in [0.05, 0.1) is 51.6 Å². The summed E-state index contributed by atoms with van der Waals surface area (Å²) in [4.78, 5) is 41.2. The fraction of sp³-hybridized carbons (Fsp3) is 0.0909. The fourth-order valence-corrected chi connectivity index (χ4v) is 4.91. The molecule has 19 nitrogen and oxygen atoms in total. The van der Waals surface area contributed by atoms with Gasteiger partial charge in [-0.05, 0) is 84.9 Å². The van der Waals surface area contributed by atoms with E-state index in [1.54, 1.807) is 43.3 Å². The van der Waals surface area contributed by atoms with E-state index in [1.165, 1.54) is 6.92 Å². The van der Waals surface area contributed by atoms with Gasteiger partial charge in [-0.25, -0.2) is 40.2 Å². The Morgan fingerprint density at radius 2 is 0.526 bits per heavy atom. The van der Waals surface area contributed by atoms with E-state index >= 15 is 0 Å². The molecule has 0 spiro atoms. The van der Waals surface area contributed by atoms with Crippen LogP contribution in [0.15, 0.2) is 165 Å². The Labute approximate surface area is 436 Å². The minimum atomic E-state index is -6.09. The SMILES string of the molecule is CC#N.O=S(=O)([O-])C(F)(F)F.O=S(=O)([O-])C(F)(F)F.O=S(=O)([O-])C(F)(F)F.[Cr+3].c1ccc(-c2cccc(-c3ccccn3)n2)nc1.c1ccc(-c2nc(-c3ccccn3)c(-c3ccccn3)nc2-c2ccccn2)nc1. The molecule has 0 saturated heterocycles. The van der Waals surface area contributed by atoms with Gasteiger partial charge in [0.2, 0.25) is 0 Å². The molecule has 76 heavy (non-hydrogen) atoms. The predicted molar refractivity (Wildman–Crippen MR) is 244 cm³/mol. The number of halogens is 9.